The highest BCUT2D eigenvalue weighted by atomic mass is 16.2. The normalized spacial score (nSPS) is 20.6. The number of carbonyl (C=O) groups is 1. The lowest BCUT2D eigenvalue weighted by Crippen LogP contribution is -2.47. The van der Waals surface area contributed by atoms with Gasteiger partial charge in [0, 0.05) is 69.4 Å². The van der Waals surface area contributed by atoms with Gasteiger partial charge in [0.2, 0.25) is 5.91 Å². The molecule has 2 aliphatic carbocycles. The van der Waals surface area contributed by atoms with E-state index in [4.69, 9.17) is 0 Å². The summed E-state index contributed by atoms with van der Waals surface area (Å²) in [6, 6.07) is 34.8. The molecule has 0 spiro atoms. The Morgan fingerprint density at radius 2 is 0.971 bits per heavy atom. The molecule has 4 atom stereocenters. The molecule has 10 rings (SSSR count). The van der Waals surface area contributed by atoms with Crippen molar-refractivity contribution in [2.45, 2.75) is 156 Å². The van der Waals surface area contributed by atoms with Crippen molar-refractivity contribution in [3.63, 3.8) is 0 Å². The molecular formula is C58H84N8O3. The molecule has 4 aromatic carbocycles. The van der Waals surface area contributed by atoms with Crippen LogP contribution in [0.5, 0.6) is 0 Å². The first-order valence-corrected chi connectivity index (χ1v) is 26.9. The zero-order chi connectivity index (χ0) is 49.3. The zero-order valence-corrected chi connectivity index (χ0v) is 43.2. The summed E-state index contributed by atoms with van der Waals surface area (Å²) in [4.78, 5) is 48.6. The summed E-state index contributed by atoms with van der Waals surface area (Å²) in [5.41, 5.74) is 9.76. The minimum Gasteiger partial charge on any atom is -0.352 e. The first-order chi connectivity index (χ1) is 33.9. The minimum absolute atomic E-state index is 0.0319. The van der Waals surface area contributed by atoms with E-state index in [1.165, 1.54) is 30.4 Å². The van der Waals surface area contributed by atoms with E-state index in [2.05, 4.69) is 98.8 Å². The molecular weight excluding hydrogens is 857 g/mol. The molecule has 374 valence electrons. The summed E-state index contributed by atoms with van der Waals surface area (Å²) >= 11 is 0. The van der Waals surface area contributed by atoms with Gasteiger partial charge in [-0.3, -0.25) is 18.8 Å². The number of hydrogen-bond acceptors (Lipinski definition) is 6. The highest BCUT2D eigenvalue weighted by molar-refractivity contribution is 5.79. The number of nitrogens with zero attached hydrogens (tertiary/aromatic N) is 4. The Morgan fingerprint density at radius 3 is 1.46 bits per heavy atom. The number of hydrogen-bond donors (Lipinski definition) is 4. The average Bonchev–Trinajstić information content (AvgIpc) is 3.93. The van der Waals surface area contributed by atoms with E-state index >= 15 is 0 Å². The molecule has 4 N–H and O–H groups in total. The number of nitrogens with one attached hydrogen (secondary N) is 4. The smallest absolute Gasteiger partial charge is 0.326 e. The molecule has 11 nitrogen and oxygen atoms in total. The van der Waals surface area contributed by atoms with Gasteiger partial charge in [0.05, 0.1) is 28.6 Å². The molecule has 11 heteroatoms. The number of imidazole rings is 2. The van der Waals surface area contributed by atoms with Crippen molar-refractivity contribution in [2.24, 2.45) is 0 Å². The van der Waals surface area contributed by atoms with E-state index in [1.807, 2.05) is 93.1 Å². The third-order valence-corrected chi connectivity index (χ3v) is 14.9. The molecule has 0 bridgehead atoms. The standard InChI is InChI=1S/C26H32N4O2.C26H34N4O.3C2H6/c1-2-20-21-8-4-3-7-18(21)11-12-22(20)27-25(31)17-29-15-13-19(14-16-29)30-24-10-6-5-9-23(24)28-26(30)32;1-2-21-22-8-4-3-7-19(22)11-12-23(21)27-15-18-29-16-13-20(14-17-29)30-25-10-6-5-9-24(25)28-26(30)31;3*1-2/h3-10,19-20,22H,2,11-17H2,1H3,(H,27,31)(H,28,32);3-10,20-21,23,27H,2,11-18H2,1H3,(H,28,31);3*1-2H3. The van der Waals surface area contributed by atoms with Crippen molar-refractivity contribution in [2.75, 3.05) is 45.8 Å². The van der Waals surface area contributed by atoms with Crippen LogP contribution in [0.25, 0.3) is 22.1 Å². The second-order valence-electron chi connectivity index (χ2n) is 18.5. The summed E-state index contributed by atoms with van der Waals surface area (Å²) < 4.78 is 3.88. The molecule has 4 heterocycles. The van der Waals surface area contributed by atoms with Crippen molar-refractivity contribution in [3.8, 4) is 0 Å². The Bertz CT molecular complexity index is 2590. The predicted octanol–water partition coefficient (Wildman–Crippen LogP) is 10.7. The van der Waals surface area contributed by atoms with Gasteiger partial charge in [0.25, 0.3) is 0 Å². The Balaban J connectivity index is 0.000000205. The van der Waals surface area contributed by atoms with E-state index in [1.54, 1.807) is 11.1 Å². The third kappa shape index (κ3) is 12.8. The zero-order valence-electron chi connectivity index (χ0n) is 43.2. The number of fused-ring (bicyclic) bond motifs is 4. The molecule has 0 radical (unpaired) electrons. The molecule has 1 amide bonds. The van der Waals surface area contributed by atoms with E-state index in [0.29, 0.717) is 30.5 Å². The molecule has 4 aliphatic rings. The summed E-state index contributed by atoms with van der Waals surface area (Å²) in [5, 5.41) is 7.22. The Kier molecular flexibility index (Phi) is 20.5. The van der Waals surface area contributed by atoms with Crippen LogP contribution in [-0.4, -0.2) is 92.7 Å². The number of aromatic amines is 2. The number of amides is 1. The average molecular weight is 941 g/mol. The molecule has 4 unspecified atom stereocenters. The number of aryl methyl sites for hydroxylation is 2. The fourth-order valence-electron chi connectivity index (χ4n) is 11.6. The summed E-state index contributed by atoms with van der Waals surface area (Å²) in [7, 11) is 0. The van der Waals surface area contributed by atoms with Crippen LogP contribution in [0.4, 0.5) is 0 Å². The topological polar surface area (TPSA) is 123 Å². The highest BCUT2D eigenvalue weighted by Gasteiger charge is 2.32. The predicted molar refractivity (Wildman–Crippen MR) is 288 cm³/mol. The lowest BCUT2D eigenvalue weighted by atomic mass is 9.78. The van der Waals surface area contributed by atoms with E-state index in [9.17, 15) is 14.4 Å². The summed E-state index contributed by atoms with van der Waals surface area (Å²) in [5.74, 6) is 1.14. The molecule has 0 saturated carbocycles. The van der Waals surface area contributed by atoms with Gasteiger partial charge < -0.3 is 25.5 Å². The number of para-hydroxylation sites is 4. The van der Waals surface area contributed by atoms with E-state index < -0.39 is 0 Å². The maximum Gasteiger partial charge on any atom is 0.326 e. The quantitative estimate of drug-likeness (QED) is 0.103. The number of benzene rings is 4. The maximum absolute atomic E-state index is 12.9. The number of carbonyl (C=O) groups excluding carboxylic acids is 1. The number of likely N-dealkylation sites (tertiary alicyclic amines) is 2. The van der Waals surface area contributed by atoms with Crippen LogP contribution in [0.15, 0.2) is 107 Å². The van der Waals surface area contributed by atoms with Gasteiger partial charge in [-0.1, -0.05) is 128 Å². The van der Waals surface area contributed by atoms with Gasteiger partial charge in [-0.25, -0.2) is 9.59 Å². The number of piperidine rings is 2. The molecule has 2 aromatic heterocycles. The molecule has 2 saturated heterocycles. The minimum atomic E-state index is -0.0365. The lowest BCUT2D eigenvalue weighted by molar-refractivity contribution is -0.123. The molecule has 6 aromatic rings. The van der Waals surface area contributed by atoms with E-state index in [0.717, 1.165) is 106 Å². The summed E-state index contributed by atoms with van der Waals surface area (Å²) in [6.45, 7) is 22.9. The second kappa shape index (κ2) is 26.7. The SMILES string of the molecule is CC.CC.CC.CCC1c2ccccc2CCC1NC(=O)CN1CCC(n2c(=O)[nH]c3ccccc32)CC1.CCC1c2ccccc2CCC1NCCN1CCC(n2c(=O)[nH]c3ccccc32)CC1. The van der Waals surface area contributed by atoms with E-state index in [-0.39, 0.29) is 29.4 Å². The first-order valence-electron chi connectivity index (χ1n) is 26.9. The first kappa shape index (κ1) is 53.1. The van der Waals surface area contributed by atoms with Crippen molar-refractivity contribution < 1.29 is 4.79 Å². The molecule has 2 aliphatic heterocycles. The number of H-pyrrole nitrogens is 2. The van der Waals surface area contributed by atoms with Gasteiger partial charge in [-0.15, -0.1) is 0 Å². The van der Waals surface area contributed by atoms with Gasteiger partial charge in [0.15, 0.2) is 0 Å². The number of rotatable bonds is 11. The monoisotopic (exact) mass is 941 g/mol. The van der Waals surface area contributed by atoms with Gasteiger partial charge >= 0.3 is 11.4 Å². The van der Waals surface area contributed by atoms with Crippen molar-refractivity contribution in [3.05, 3.63) is 140 Å². The van der Waals surface area contributed by atoms with Crippen molar-refractivity contribution in [1.29, 1.82) is 0 Å². The fourth-order valence-corrected chi connectivity index (χ4v) is 11.6. The van der Waals surface area contributed by atoms with Crippen LogP contribution < -0.4 is 22.0 Å². The van der Waals surface area contributed by atoms with Crippen LogP contribution in [0.1, 0.15) is 153 Å². The van der Waals surface area contributed by atoms with Crippen LogP contribution >= 0.6 is 0 Å². The Morgan fingerprint density at radius 1 is 0.551 bits per heavy atom. The lowest BCUT2D eigenvalue weighted by Gasteiger charge is -2.36. The van der Waals surface area contributed by atoms with Crippen molar-refractivity contribution in [1.82, 2.24) is 39.5 Å². The van der Waals surface area contributed by atoms with Crippen molar-refractivity contribution >= 4 is 28.0 Å². The third-order valence-electron chi connectivity index (χ3n) is 14.9. The summed E-state index contributed by atoms with van der Waals surface area (Å²) in [6.07, 6.45) is 10.5. The molecule has 2 fully saturated rings. The number of aromatic nitrogens is 4. The fraction of sp³-hybridized carbons (Fsp3) is 0.534. The van der Waals surface area contributed by atoms with Crippen LogP contribution in [0.2, 0.25) is 0 Å². The largest absolute Gasteiger partial charge is 0.352 e. The Hall–Kier alpha value is -5.23. The highest BCUT2D eigenvalue weighted by Crippen LogP contribution is 2.35. The molecule has 69 heavy (non-hydrogen) atoms. The van der Waals surface area contributed by atoms with Crippen LogP contribution in [0, 0.1) is 0 Å². The van der Waals surface area contributed by atoms with Crippen LogP contribution in [-0.2, 0) is 17.6 Å². The Labute approximate surface area is 412 Å². The van der Waals surface area contributed by atoms with Gasteiger partial charge in [-0.05, 0) is 117 Å². The van der Waals surface area contributed by atoms with Crippen LogP contribution in [0.3, 0.4) is 0 Å². The maximum atomic E-state index is 12.9. The van der Waals surface area contributed by atoms with Gasteiger partial charge in [0.1, 0.15) is 0 Å². The van der Waals surface area contributed by atoms with Gasteiger partial charge in [-0.2, -0.15) is 0 Å². The second-order valence-corrected chi connectivity index (χ2v) is 18.5.